The summed E-state index contributed by atoms with van der Waals surface area (Å²) in [5, 5.41) is 5.57. The van der Waals surface area contributed by atoms with E-state index in [4.69, 9.17) is 4.74 Å². The van der Waals surface area contributed by atoms with Crippen molar-refractivity contribution in [2.45, 2.75) is 39.7 Å². The molecule has 0 aliphatic carbocycles. The fraction of sp³-hybridized carbons (Fsp3) is 0.333. The van der Waals surface area contributed by atoms with Gasteiger partial charge in [0.05, 0.1) is 13.5 Å². The summed E-state index contributed by atoms with van der Waals surface area (Å²) in [6.07, 6.45) is 1.49. The quantitative estimate of drug-likeness (QED) is 0.748. The highest BCUT2D eigenvalue weighted by Gasteiger charge is 2.17. The number of carbonyl (C=O) groups excluding carboxylic acids is 3. The van der Waals surface area contributed by atoms with E-state index in [-0.39, 0.29) is 29.7 Å². The van der Waals surface area contributed by atoms with Crippen LogP contribution in [-0.2, 0) is 11.2 Å². The van der Waals surface area contributed by atoms with Gasteiger partial charge in [-0.15, -0.1) is 0 Å². The summed E-state index contributed by atoms with van der Waals surface area (Å²) in [7, 11) is 1.51. The van der Waals surface area contributed by atoms with E-state index in [9.17, 15) is 14.4 Å². The molecule has 148 valence electrons. The number of anilines is 1. The topological polar surface area (TPSA) is 97.4 Å². The van der Waals surface area contributed by atoms with Gasteiger partial charge in [0.25, 0.3) is 5.91 Å². The number of nitrogens with one attached hydrogen (secondary N) is 2. The third-order valence-electron chi connectivity index (χ3n) is 3.80. The zero-order valence-electron chi connectivity index (χ0n) is 16.8. The van der Waals surface area contributed by atoms with E-state index in [1.54, 1.807) is 24.3 Å². The minimum absolute atomic E-state index is 0.0239. The summed E-state index contributed by atoms with van der Waals surface area (Å²) < 4.78 is 5.27. The molecule has 0 fully saturated rings. The highest BCUT2D eigenvalue weighted by Crippen LogP contribution is 2.21. The third kappa shape index (κ3) is 5.90. The summed E-state index contributed by atoms with van der Waals surface area (Å²) in [6, 6.07) is 8.10. The van der Waals surface area contributed by atoms with Crippen LogP contribution in [0.1, 0.15) is 54.1 Å². The lowest BCUT2D eigenvalue weighted by Gasteiger charge is -2.20. The normalized spacial score (nSPS) is 10.9. The van der Waals surface area contributed by atoms with Gasteiger partial charge < -0.3 is 15.4 Å². The monoisotopic (exact) mass is 383 g/mol. The molecule has 0 spiro atoms. The van der Waals surface area contributed by atoms with Gasteiger partial charge >= 0.3 is 0 Å². The van der Waals surface area contributed by atoms with E-state index in [1.807, 2.05) is 20.8 Å². The van der Waals surface area contributed by atoms with Crippen molar-refractivity contribution >= 4 is 23.3 Å². The van der Waals surface area contributed by atoms with Crippen molar-refractivity contribution in [2.75, 3.05) is 12.4 Å². The summed E-state index contributed by atoms with van der Waals surface area (Å²) in [4.78, 5) is 40.3. The molecular formula is C21H25N3O4. The van der Waals surface area contributed by atoms with E-state index >= 15 is 0 Å². The number of hydrogen-bond donors (Lipinski definition) is 2. The SMILES string of the molecule is COc1ccc(C(C)=O)cc1CC(=O)Nc1ccnc(C(=O)NC(C)(C)C)c1. The molecule has 2 aromatic rings. The Morgan fingerprint density at radius 1 is 1.11 bits per heavy atom. The molecular weight excluding hydrogens is 358 g/mol. The average Bonchev–Trinajstić information content (AvgIpc) is 2.60. The van der Waals surface area contributed by atoms with Gasteiger partial charge in [-0.2, -0.15) is 0 Å². The predicted molar refractivity (Wildman–Crippen MR) is 107 cm³/mol. The molecule has 28 heavy (non-hydrogen) atoms. The van der Waals surface area contributed by atoms with Crippen LogP contribution in [0.5, 0.6) is 5.75 Å². The highest BCUT2D eigenvalue weighted by atomic mass is 16.5. The summed E-state index contributed by atoms with van der Waals surface area (Å²) in [5.74, 6) is -0.181. The van der Waals surface area contributed by atoms with Crippen molar-refractivity contribution < 1.29 is 19.1 Å². The largest absolute Gasteiger partial charge is 0.496 e. The maximum absolute atomic E-state index is 12.5. The van der Waals surface area contributed by atoms with Crippen molar-refractivity contribution in [2.24, 2.45) is 0 Å². The van der Waals surface area contributed by atoms with Crippen LogP contribution in [-0.4, -0.2) is 35.2 Å². The molecule has 0 saturated heterocycles. The minimum atomic E-state index is -0.393. The van der Waals surface area contributed by atoms with Crippen LogP contribution in [0.3, 0.4) is 0 Å². The summed E-state index contributed by atoms with van der Waals surface area (Å²) in [5.41, 5.74) is 1.39. The number of ether oxygens (including phenoxy) is 1. The second-order valence-corrected chi connectivity index (χ2v) is 7.44. The minimum Gasteiger partial charge on any atom is -0.496 e. The number of benzene rings is 1. The number of ketones is 1. The smallest absolute Gasteiger partial charge is 0.270 e. The van der Waals surface area contributed by atoms with Crippen LogP contribution < -0.4 is 15.4 Å². The molecule has 2 amide bonds. The van der Waals surface area contributed by atoms with Gasteiger partial charge in [0.2, 0.25) is 5.91 Å². The fourth-order valence-electron chi connectivity index (χ4n) is 2.55. The number of hydrogen-bond acceptors (Lipinski definition) is 5. The van der Waals surface area contributed by atoms with Gasteiger partial charge in [0, 0.05) is 28.6 Å². The first kappa shape index (κ1) is 21.1. The summed E-state index contributed by atoms with van der Waals surface area (Å²) in [6.45, 7) is 7.09. The Labute approximate surface area is 164 Å². The lowest BCUT2D eigenvalue weighted by Crippen LogP contribution is -2.40. The Kier molecular flexibility index (Phi) is 6.51. The van der Waals surface area contributed by atoms with E-state index < -0.39 is 5.54 Å². The van der Waals surface area contributed by atoms with Crippen LogP contribution in [0.2, 0.25) is 0 Å². The van der Waals surface area contributed by atoms with Crippen molar-refractivity contribution in [1.82, 2.24) is 10.3 Å². The maximum Gasteiger partial charge on any atom is 0.270 e. The highest BCUT2D eigenvalue weighted by molar-refractivity contribution is 5.97. The molecule has 0 saturated carbocycles. The van der Waals surface area contributed by atoms with E-state index in [1.165, 1.54) is 26.3 Å². The third-order valence-corrected chi connectivity index (χ3v) is 3.80. The summed E-state index contributed by atoms with van der Waals surface area (Å²) >= 11 is 0. The number of rotatable bonds is 6. The first-order valence-corrected chi connectivity index (χ1v) is 8.85. The van der Waals surface area contributed by atoms with E-state index in [0.717, 1.165) is 0 Å². The average molecular weight is 383 g/mol. The molecule has 0 atom stereocenters. The first-order valence-electron chi connectivity index (χ1n) is 8.85. The van der Waals surface area contributed by atoms with Crippen LogP contribution in [0.15, 0.2) is 36.5 Å². The Bertz CT molecular complexity index is 901. The number of aromatic nitrogens is 1. The number of carbonyl (C=O) groups is 3. The number of Topliss-reactive ketones (excluding diaryl/α,β-unsaturated/α-hetero) is 1. The second-order valence-electron chi connectivity index (χ2n) is 7.44. The van der Waals surface area contributed by atoms with Crippen molar-refractivity contribution in [3.8, 4) is 5.75 Å². The molecule has 1 aromatic heterocycles. The Morgan fingerprint density at radius 2 is 1.82 bits per heavy atom. The number of amides is 2. The Hall–Kier alpha value is -3.22. The van der Waals surface area contributed by atoms with E-state index in [0.29, 0.717) is 22.6 Å². The zero-order chi connectivity index (χ0) is 20.9. The van der Waals surface area contributed by atoms with Gasteiger partial charge in [-0.1, -0.05) is 0 Å². The van der Waals surface area contributed by atoms with Crippen LogP contribution in [0, 0.1) is 0 Å². The van der Waals surface area contributed by atoms with E-state index in [2.05, 4.69) is 15.6 Å². The molecule has 2 rings (SSSR count). The van der Waals surface area contributed by atoms with Crippen LogP contribution in [0.25, 0.3) is 0 Å². The number of methoxy groups -OCH3 is 1. The molecule has 1 aromatic carbocycles. The van der Waals surface area contributed by atoms with Crippen LogP contribution >= 0.6 is 0 Å². The molecule has 0 unspecified atom stereocenters. The van der Waals surface area contributed by atoms with Gasteiger partial charge in [-0.25, -0.2) is 0 Å². The maximum atomic E-state index is 12.5. The molecule has 0 aliphatic heterocycles. The van der Waals surface area contributed by atoms with Gasteiger partial charge in [-0.3, -0.25) is 19.4 Å². The second kappa shape index (κ2) is 8.65. The van der Waals surface area contributed by atoms with Gasteiger partial charge in [-0.05, 0) is 58.0 Å². The standard InChI is InChI=1S/C21H25N3O4/c1-13(25)14-6-7-18(28-5)15(10-14)11-19(26)23-16-8-9-22-17(12-16)20(27)24-21(2,3)4/h6-10,12H,11H2,1-5H3,(H,24,27)(H,22,23,26). The van der Waals surface area contributed by atoms with Crippen LogP contribution in [0.4, 0.5) is 5.69 Å². The lowest BCUT2D eigenvalue weighted by atomic mass is 10.0. The van der Waals surface area contributed by atoms with Crippen molar-refractivity contribution in [1.29, 1.82) is 0 Å². The molecule has 0 aliphatic rings. The predicted octanol–water partition coefficient (Wildman–Crippen LogP) is 3.00. The molecule has 0 radical (unpaired) electrons. The molecule has 2 N–H and O–H groups in total. The molecule has 7 heteroatoms. The first-order chi connectivity index (χ1) is 13.1. The fourth-order valence-corrected chi connectivity index (χ4v) is 2.55. The molecule has 7 nitrogen and oxygen atoms in total. The van der Waals surface area contributed by atoms with Gasteiger partial charge in [0.15, 0.2) is 5.78 Å². The van der Waals surface area contributed by atoms with Gasteiger partial charge in [0.1, 0.15) is 11.4 Å². The molecule has 1 heterocycles. The number of pyridine rings is 1. The molecule has 0 bridgehead atoms. The Morgan fingerprint density at radius 3 is 2.43 bits per heavy atom. The zero-order valence-corrected chi connectivity index (χ0v) is 16.8. The Balaban J connectivity index is 2.14. The van der Waals surface area contributed by atoms with Crippen molar-refractivity contribution in [3.63, 3.8) is 0 Å². The lowest BCUT2D eigenvalue weighted by molar-refractivity contribution is -0.115. The van der Waals surface area contributed by atoms with Crippen molar-refractivity contribution in [3.05, 3.63) is 53.3 Å². The number of nitrogens with zero attached hydrogens (tertiary/aromatic N) is 1.